The number of aryl methyl sites for hydroxylation is 2. The van der Waals surface area contributed by atoms with Crippen molar-refractivity contribution in [1.29, 1.82) is 0 Å². The Bertz CT molecular complexity index is 1080. The summed E-state index contributed by atoms with van der Waals surface area (Å²) in [6.07, 6.45) is 4.78. The summed E-state index contributed by atoms with van der Waals surface area (Å²) in [6.45, 7) is 4.65. The molecule has 2 fully saturated rings. The molecule has 1 aliphatic heterocycles. The Morgan fingerprint density at radius 1 is 1.21 bits per heavy atom. The summed E-state index contributed by atoms with van der Waals surface area (Å²) in [6, 6.07) is 10.4. The molecule has 1 aliphatic carbocycles. The van der Waals surface area contributed by atoms with Gasteiger partial charge in [-0.1, -0.05) is 18.2 Å². The highest BCUT2D eigenvalue weighted by Crippen LogP contribution is 2.40. The van der Waals surface area contributed by atoms with Crippen molar-refractivity contribution in [3.8, 4) is 0 Å². The van der Waals surface area contributed by atoms with Gasteiger partial charge in [0.1, 0.15) is 0 Å². The van der Waals surface area contributed by atoms with Gasteiger partial charge in [0, 0.05) is 44.0 Å². The van der Waals surface area contributed by atoms with Crippen LogP contribution in [0.15, 0.2) is 30.3 Å². The number of aromatic nitrogens is 3. The first-order valence-electron chi connectivity index (χ1n) is 10.6. The largest absolute Gasteiger partial charge is 0.371 e. The van der Waals surface area contributed by atoms with E-state index in [4.69, 9.17) is 4.98 Å². The number of rotatable bonds is 5. The maximum Gasteiger partial charge on any atom is 0.252 e. The predicted octanol–water partition coefficient (Wildman–Crippen LogP) is 3.68. The molecule has 3 aromatic rings. The van der Waals surface area contributed by atoms with Gasteiger partial charge in [-0.25, -0.2) is 4.98 Å². The molecule has 3 heterocycles. The first-order valence-corrected chi connectivity index (χ1v) is 10.6. The van der Waals surface area contributed by atoms with E-state index in [1.54, 1.807) is 4.68 Å². The number of hydrogen-bond acceptors (Lipinski definition) is 4. The minimum absolute atomic E-state index is 0.0494. The number of carbonyl (C=O) groups is 1. The minimum atomic E-state index is -0.0494. The zero-order valence-corrected chi connectivity index (χ0v) is 17.1. The molecule has 5 rings (SSSR count). The molecule has 1 saturated carbocycles. The fraction of sp³-hybridized carbons (Fsp3) is 0.435. The molecule has 1 amide bonds. The van der Waals surface area contributed by atoms with Crippen molar-refractivity contribution in [2.45, 2.75) is 45.1 Å². The Morgan fingerprint density at radius 3 is 2.72 bits per heavy atom. The van der Waals surface area contributed by atoms with Crippen molar-refractivity contribution < 1.29 is 4.79 Å². The standard InChI is InChI=1S/C23H27N5O/c1-15-21-18(13-19(16-9-10-16)25-22(21)27(2)26-15)23(29)24-14-17-7-3-4-8-20(17)28-11-5-6-12-28/h3-4,7-8,13,16H,5-6,9-12,14H2,1-2H3,(H,24,29). The lowest BCUT2D eigenvalue weighted by Gasteiger charge is -2.21. The molecule has 6 heteroatoms. The van der Waals surface area contributed by atoms with Crippen LogP contribution >= 0.6 is 0 Å². The third-order valence-corrected chi connectivity index (χ3v) is 6.11. The third kappa shape index (κ3) is 3.37. The van der Waals surface area contributed by atoms with Crippen LogP contribution in [-0.4, -0.2) is 33.8 Å². The highest BCUT2D eigenvalue weighted by Gasteiger charge is 2.28. The molecule has 0 spiro atoms. The molecule has 2 aliphatic rings. The average molecular weight is 390 g/mol. The number of benzene rings is 1. The lowest BCUT2D eigenvalue weighted by atomic mass is 10.1. The summed E-state index contributed by atoms with van der Waals surface area (Å²) in [7, 11) is 1.90. The Labute approximate surface area is 170 Å². The monoisotopic (exact) mass is 389 g/mol. The zero-order chi connectivity index (χ0) is 20.0. The first kappa shape index (κ1) is 18.2. The van der Waals surface area contributed by atoms with Gasteiger partial charge in [0.25, 0.3) is 5.91 Å². The Hall–Kier alpha value is -2.89. The minimum Gasteiger partial charge on any atom is -0.371 e. The molecule has 0 atom stereocenters. The Morgan fingerprint density at radius 2 is 1.97 bits per heavy atom. The van der Waals surface area contributed by atoms with Gasteiger partial charge < -0.3 is 10.2 Å². The van der Waals surface area contributed by atoms with Crippen molar-refractivity contribution in [2.24, 2.45) is 7.05 Å². The van der Waals surface area contributed by atoms with E-state index in [2.05, 4.69) is 33.5 Å². The normalized spacial score (nSPS) is 16.6. The van der Waals surface area contributed by atoms with Gasteiger partial charge in [0.15, 0.2) is 5.65 Å². The van der Waals surface area contributed by atoms with E-state index in [9.17, 15) is 4.79 Å². The van der Waals surface area contributed by atoms with Crippen LogP contribution in [0.1, 0.15) is 58.9 Å². The summed E-state index contributed by atoms with van der Waals surface area (Å²) in [5, 5.41) is 8.53. The van der Waals surface area contributed by atoms with Crippen LogP contribution in [0.5, 0.6) is 0 Å². The second-order valence-corrected chi connectivity index (χ2v) is 8.28. The number of anilines is 1. The summed E-state index contributed by atoms with van der Waals surface area (Å²) in [4.78, 5) is 20.5. The van der Waals surface area contributed by atoms with Gasteiger partial charge in [0.2, 0.25) is 0 Å². The number of fused-ring (bicyclic) bond motifs is 1. The average Bonchev–Trinajstić information content (AvgIpc) is 3.36. The van der Waals surface area contributed by atoms with Crippen molar-refractivity contribution in [3.05, 3.63) is 52.8 Å². The maximum absolute atomic E-state index is 13.2. The summed E-state index contributed by atoms with van der Waals surface area (Å²) in [5.41, 5.74) is 5.76. The molecule has 2 aromatic heterocycles. The van der Waals surface area contributed by atoms with E-state index in [1.165, 1.54) is 24.1 Å². The van der Waals surface area contributed by atoms with Crippen LogP contribution in [0, 0.1) is 6.92 Å². The second kappa shape index (κ2) is 7.17. The van der Waals surface area contributed by atoms with E-state index in [-0.39, 0.29) is 5.91 Å². The Balaban J connectivity index is 1.44. The molecule has 1 N–H and O–H groups in total. The van der Waals surface area contributed by atoms with Crippen molar-refractivity contribution in [3.63, 3.8) is 0 Å². The number of hydrogen-bond donors (Lipinski definition) is 1. The number of carbonyl (C=O) groups excluding carboxylic acids is 1. The van der Waals surface area contributed by atoms with E-state index >= 15 is 0 Å². The molecule has 0 unspecified atom stereocenters. The third-order valence-electron chi connectivity index (χ3n) is 6.11. The smallest absolute Gasteiger partial charge is 0.252 e. The lowest BCUT2D eigenvalue weighted by Crippen LogP contribution is -2.26. The zero-order valence-electron chi connectivity index (χ0n) is 17.1. The van der Waals surface area contributed by atoms with Gasteiger partial charge >= 0.3 is 0 Å². The fourth-order valence-corrected chi connectivity index (χ4v) is 4.43. The molecule has 0 bridgehead atoms. The van der Waals surface area contributed by atoms with Crippen LogP contribution in [0.3, 0.4) is 0 Å². The van der Waals surface area contributed by atoms with Crippen molar-refractivity contribution >= 4 is 22.6 Å². The highest BCUT2D eigenvalue weighted by atomic mass is 16.1. The molecule has 1 saturated heterocycles. The topological polar surface area (TPSA) is 63.1 Å². The van der Waals surface area contributed by atoms with Gasteiger partial charge in [-0.05, 0) is 50.3 Å². The van der Waals surface area contributed by atoms with Gasteiger partial charge in [0.05, 0.1) is 16.6 Å². The fourth-order valence-electron chi connectivity index (χ4n) is 4.43. The summed E-state index contributed by atoms with van der Waals surface area (Å²) < 4.78 is 1.79. The predicted molar refractivity (Wildman–Crippen MR) is 114 cm³/mol. The van der Waals surface area contributed by atoms with Gasteiger partial charge in [-0.3, -0.25) is 9.48 Å². The van der Waals surface area contributed by atoms with E-state index in [0.717, 1.165) is 48.4 Å². The van der Waals surface area contributed by atoms with E-state index in [0.29, 0.717) is 18.0 Å². The number of para-hydroxylation sites is 1. The number of pyridine rings is 1. The molecular formula is C23H27N5O. The SMILES string of the molecule is Cc1nn(C)c2nc(C3CC3)cc(C(=O)NCc3ccccc3N3CCCC3)c12. The van der Waals surface area contributed by atoms with Gasteiger partial charge in [-0.15, -0.1) is 0 Å². The number of nitrogens with one attached hydrogen (secondary N) is 1. The first-order chi connectivity index (χ1) is 14.1. The molecule has 150 valence electrons. The molecule has 1 aromatic carbocycles. The molecule has 0 radical (unpaired) electrons. The highest BCUT2D eigenvalue weighted by molar-refractivity contribution is 6.06. The van der Waals surface area contributed by atoms with E-state index in [1.807, 2.05) is 26.1 Å². The quantitative estimate of drug-likeness (QED) is 0.723. The maximum atomic E-state index is 13.2. The second-order valence-electron chi connectivity index (χ2n) is 8.28. The van der Waals surface area contributed by atoms with Crippen molar-refractivity contribution in [1.82, 2.24) is 20.1 Å². The van der Waals surface area contributed by atoms with Crippen LogP contribution in [-0.2, 0) is 13.6 Å². The van der Waals surface area contributed by atoms with Crippen LogP contribution in [0.25, 0.3) is 11.0 Å². The Kier molecular flexibility index (Phi) is 4.49. The molecule has 29 heavy (non-hydrogen) atoms. The summed E-state index contributed by atoms with van der Waals surface area (Å²) >= 11 is 0. The van der Waals surface area contributed by atoms with E-state index < -0.39 is 0 Å². The number of amides is 1. The van der Waals surface area contributed by atoms with Crippen LogP contribution in [0.4, 0.5) is 5.69 Å². The number of nitrogens with zero attached hydrogens (tertiary/aromatic N) is 4. The van der Waals surface area contributed by atoms with Crippen molar-refractivity contribution in [2.75, 3.05) is 18.0 Å². The lowest BCUT2D eigenvalue weighted by molar-refractivity contribution is 0.0952. The molecule has 6 nitrogen and oxygen atoms in total. The van der Waals surface area contributed by atoms with Crippen LogP contribution in [0.2, 0.25) is 0 Å². The van der Waals surface area contributed by atoms with Crippen LogP contribution < -0.4 is 10.2 Å². The van der Waals surface area contributed by atoms with Gasteiger partial charge in [-0.2, -0.15) is 5.10 Å². The molecular weight excluding hydrogens is 362 g/mol. The summed E-state index contributed by atoms with van der Waals surface area (Å²) in [5.74, 6) is 0.434.